The Bertz CT molecular complexity index is 546. The van der Waals surface area contributed by atoms with Gasteiger partial charge in [-0.2, -0.15) is 0 Å². The SMILES string of the molecule is CCc1ccc(C(O)C(C)Oc2ccccc2C)cc1. The number of benzene rings is 2. The van der Waals surface area contributed by atoms with Crippen LogP contribution in [0.1, 0.15) is 36.6 Å². The molecule has 2 heteroatoms. The molecule has 0 saturated heterocycles. The Kier molecular flexibility index (Phi) is 4.80. The minimum Gasteiger partial charge on any atom is -0.487 e. The van der Waals surface area contributed by atoms with Crippen molar-refractivity contribution < 1.29 is 9.84 Å². The quantitative estimate of drug-likeness (QED) is 0.888. The lowest BCUT2D eigenvalue weighted by Gasteiger charge is -2.22. The number of aliphatic hydroxyl groups excluding tert-OH is 1. The number of hydrogen-bond donors (Lipinski definition) is 1. The molecule has 2 unspecified atom stereocenters. The van der Waals surface area contributed by atoms with E-state index in [1.54, 1.807) is 0 Å². The van der Waals surface area contributed by atoms with E-state index >= 15 is 0 Å². The first-order valence-electron chi connectivity index (χ1n) is 7.11. The zero-order valence-electron chi connectivity index (χ0n) is 12.3. The van der Waals surface area contributed by atoms with Crippen molar-refractivity contribution in [3.05, 3.63) is 65.2 Å². The normalized spacial score (nSPS) is 13.8. The molecule has 2 rings (SSSR count). The summed E-state index contributed by atoms with van der Waals surface area (Å²) in [5, 5.41) is 10.4. The van der Waals surface area contributed by atoms with Gasteiger partial charge in [-0.1, -0.05) is 49.4 Å². The molecule has 2 nitrogen and oxygen atoms in total. The summed E-state index contributed by atoms with van der Waals surface area (Å²) in [4.78, 5) is 0. The van der Waals surface area contributed by atoms with E-state index in [4.69, 9.17) is 4.74 Å². The van der Waals surface area contributed by atoms with Crippen molar-refractivity contribution in [1.29, 1.82) is 0 Å². The van der Waals surface area contributed by atoms with Gasteiger partial charge in [0.15, 0.2) is 0 Å². The Balaban J connectivity index is 2.08. The summed E-state index contributed by atoms with van der Waals surface area (Å²) >= 11 is 0. The second-order valence-corrected chi connectivity index (χ2v) is 5.13. The second kappa shape index (κ2) is 6.58. The van der Waals surface area contributed by atoms with Crippen LogP contribution in [0.15, 0.2) is 48.5 Å². The summed E-state index contributed by atoms with van der Waals surface area (Å²) in [6.07, 6.45) is 0.0927. The first-order chi connectivity index (χ1) is 9.61. The first-order valence-corrected chi connectivity index (χ1v) is 7.11. The van der Waals surface area contributed by atoms with E-state index in [-0.39, 0.29) is 6.10 Å². The van der Waals surface area contributed by atoms with Crippen LogP contribution >= 0.6 is 0 Å². The highest BCUT2D eigenvalue weighted by Gasteiger charge is 2.18. The molecule has 0 aliphatic heterocycles. The maximum atomic E-state index is 10.4. The Morgan fingerprint density at radius 1 is 1.05 bits per heavy atom. The summed E-state index contributed by atoms with van der Waals surface area (Å²) in [5.41, 5.74) is 3.24. The van der Waals surface area contributed by atoms with Crippen LogP contribution in [0, 0.1) is 6.92 Å². The van der Waals surface area contributed by atoms with Gasteiger partial charge in [-0.15, -0.1) is 0 Å². The van der Waals surface area contributed by atoms with Crippen molar-refractivity contribution in [2.24, 2.45) is 0 Å². The Labute approximate surface area is 121 Å². The number of para-hydroxylation sites is 1. The average molecular weight is 270 g/mol. The van der Waals surface area contributed by atoms with Crippen molar-refractivity contribution in [2.75, 3.05) is 0 Å². The monoisotopic (exact) mass is 270 g/mol. The van der Waals surface area contributed by atoms with Gasteiger partial charge in [-0.05, 0) is 43.0 Å². The zero-order chi connectivity index (χ0) is 14.5. The predicted octanol–water partition coefficient (Wildman–Crippen LogP) is 4.06. The fourth-order valence-electron chi connectivity index (χ4n) is 2.17. The second-order valence-electron chi connectivity index (χ2n) is 5.13. The number of ether oxygens (including phenoxy) is 1. The molecule has 1 N–H and O–H groups in total. The third kappa shape index (κ3) is 3.40. The Morgan fingerprint density at radius 2 is 1.70 bits per heavy atom. The summed E-state index contributed by atoms with van der Waals surface area (Å²) in [7, 11) is 0. The van der Waals surface area contributed by atoms with Crippen LogP contribution in [0.3, 0.4) is 0 Å². The molecule has 0 spiro atoms. The van der Waals surface area contributed by atoms with Crippen molar-refractivity contribution >= 4 is 0 Å². The topological polar surface area (TPSA) is 29.5 Å². The lowest BCUT2D eigenvalue weighted by atomic mass is 10.0. The standard InChI is InChI=1S/C18H22O2/c1-4-15-9-11-16(12-10-15)18(19)14(3)20-17-8-6-5-7-13(17)2/h5-12,14,18-19H,4H2,1-3H3. The maximum absolute atomic E-state index is 10.4. The van der Waals surface area contributed by atoms with Crippen LogP contribution in [-0.4, -0.2) is 11.2 Å². The van der Waals surface area contributed by atoms with Crippen molar-refractivity contribution in [3.8, 4) is 5.75 Å². The Morgan fingerprint density at radius 3 is 2.30 bits per heavy atom. The minimum atomic E-state index is -0.625. The van der Waals surface area contributed by atoms with Crippen molar-refractivity contribution in [3.63, 3.8) is 0 Å². The van der Waals surface area contributed by atoms with Crippen LogP contribution < -0.4 is 4.74 Å². The van der Waals surface area contributed by atoms with Gasteiger partial charge in [0.1, 0.15) is 18.0 Å². The molecule has 106 valence electrons. The van der Waals surface area contributed by atoms with Crippen LogP contribution in [-0.2, 0) is 6.42 Å². The molecule has 2 aromatic rings. The number of aliphatic hydroxyl groups is 1. The van der Waals surface area contributed by atoms with Crippen LogP contribution in [0.25, 0.3) is 0 Å². The summed E-state index contributed by atoms with van der Waals surface area (Å²) in [6, 6.07) is 15.9. The average Bonchev–Trinajstić information content (AvgIpc) is 2.49. The van der Waals surface area contributed by atoms with E-state index in [0.717, 1.165) is 23.3 Å². The third-order valence-corrected chi connectivity index (χ3v) is 3.58. The molecule has 2 atom stereocenters. The predicted molar refractivity (Wildman–Crippen MR) is 82.0 cm³/mol. The largest absolute Gasteiger partial charge is 0.487 e. The lowest BCUT2D eigenvalue weighted by Crippen LogP contribution is -2.22. The minimum absolute atomic E-state index is 0.288. The molecule has 20 heavy (non-hydrogen) atoms. The molecule has 0 aliphatic rings. The van der Waals surface area contributed by atoms with Crippen molar-refractivity contribution in [1.82, 2.24) is 0 Å². The molecule has 0 aliphatic carbocycles. The Hall–Kier alpha value is -1.80. The summed E-state index contributed by atoms with van der Waals surface area (Å²) in [6.45, 7) is 6.02. The van der Waals surface area contributed by atoms with E-state index in [9.17, 15) is 5.11 Å². The number of hydrogen-bond acceptors (Lipinski definition) is 2. The molecule has 0 heterocycles. The maximum Gasteiger partial charge on any atom is 0.126 e. The van der Waals surface area contributed by atoms with E-state index in [1.165, 1.54) is 5.56 Å². The fraction of sp³-hybridized carbons (Fsp3) is 0.333. The van der Waals surface area contributed by atoms with Gasteiger partial charge in [-0.3, -0.25) is 0 Å². The van der Waals surface area contributed by atoms with Gasteiger partial charge in [0.25, 0.3) is 0 Å². The van der Waals surface area contributed by atoms with E-state index < -0.39 is 6.10 Å². The molecule has 0 fully saturated rings. The highest BCUT2D eigenvalue weighted by atomic mass is 16.5. The van der Waals surface area contributed by atoms with Crippen molar-refractivity contribution in [2.45, 2.75) is 39.4 Å². The highest BCUT2D eigenvalue weighted by molar-refractivity contribution is 5.32. The van der Waals surface area contributed by atoms with Crippen LogP contribution in [0.5, 0.6) is 5.75 Å². The van der Waals surface area contributed by atoms with Gasteiger partial charge in [0.2, 0.25) is 0 Å². The molecule has 2 aromatic carbocycles. The summed E-state index contributed by atoms with van der Waals surface area (Å²) in [5.74, 6) is 0.823. The van der Waals surface area contributed by atoms with Gasteiger partial charge in [0, 0.05) is 0 Å². The molecule has 0 aromatic heterocycles. The van der Waals surface area contributed by atoms with E-state index in [2.05, 4.69) is 19.1 Å². The fourth-order valence-corrected chi connectivity index (χ4v) is 2.17. The smallest absolute Gasteiger partial charge is 0.126 e. The third-order valence-electron chi connectivity index (χ3n) is 3.58. The van der Waals surface area contributed by atoms with Gasteiger partial charge >= 0.3 is 0 Å². The van der Waals surface area contributed by atoms with Gasteiger partial charge < -0.3 is 9.84 Å². The molecule has 0 radical (unpaired) electrons. The molecular weight excluding hydrogens is 248 g/mol. The first kappa shape index (κ1) is 14.6. The van der Waals surface area contributed by atoms with E-state index in [1.807, 2.05) is 50.2 Å². The van der Waals surface area contributed by atoms with Crippen LogP contribution in [0.2, 0.25) is 0 Å². The highest BCUT2D eigenvalue weighted by Crippen LogP contribution is 2.24. The molecular formula is C18H22O2. The number of aryl methyl sites for hydroxylation is 2. The molecule has 0 saturated carbocycles. The van der Waals surface area contributed by atoms with Crippen LogP contribution in [0.4, 0.5) is 0 Å². The van der Waals surface area contributed by atoms with E-state index in [0.29, 0.717) is 0 Å². The molecule has 0 bridgehead atoms. The zero-order valence-corrected chi connectivity index (χ0v) is 12.3. The number of rotatable bonds is 5. The molecule has 0 amide bonds. The van der Waals surface area contributed by atoms with Gasteiger partial charge in [0.05, 0.1) is 0 Å². The van der Waals surface area contributed by atoms with Gasteiger partial charge in [-0.25, -0.2) is 0 Å². The summed E-state index contributed by atoms with van der Waals surface area (Å²) < 4.78 is 5.87. The lowest BCUT2D eigenvalue weighted by molar-refractivity contribution is 0.0463.